The largest absolute Gasteiger partial charge is 0.463 e. The van der Waals surface area contributed by atoms with Crippen LogP contribution in [0.3, 0.4) is 0 Å². The van der Waals surface area contributed by atoms with E-state index in [-0.39, 0.29) is 23.9 Å². The number of carbonyl (C=O) groups is 2. The van der Waals surface area contributed by atoms with Crippen LogP contribution in [-0.4, -0.2) is 24.6 Å². The minimum atomic E-state index is -0.344. The number of nitrogens with two attached hydrogens (primary N) is 1. The van der Waals surface area contributed by atoms with E-state index in [2.05, 4.69) is 13.0 Å². The van der Waals surface area contributed by atoms with Gasteiger partial charge in [-0.15, -0.1) is 0 Å². The lowest BCUT2D eigenvalue weighted by Gasteiger charge is -2.20. The molecule has 1 amide bonds. The van der Waals surface area contributed by atoms with Gasteiger partial charge in [-0.3, -0.25) is 4.79 Å². The number of primary amides is 1. The fraction of sp³-hybridized carbons (Fsp3) is 0.391. The molecule has 5 nitrogen and oxygen atoms in total. The van der Waals surface area contributed by atoms with Crippen molar-refractivity contribution in [3.05, 3.63) is 53.6 Å². The molecular formula is C23H29NO4. The maximum atomic E-state index is 11.5. The maximum Gasteiger partial charge on any atom is 0.330 e. The lowest BCUT2D eigenvalue weighted by atomic mass is 9.99. The predicted octanol–water partition coefficient (Wildman–Crippen LogP) is 4.22. The average molecular weight is 383 g/mol. The summed E-state index contributed by atoms with van der Waals surface area (Å²) in [6.45, 7) is 6.73. The predicted molar refractivity (Wildman–Crippen MR) is 111 cm³/mol. The molecule has 0 radical (unpaired) electrons. The molecular weight excluding hydrogens is 354 g/mol. The van der Waals surface area contributed by atoms with Gasteiger partial charge >= 0.3 is 5.97 Å². The van der Waals surface area contributed by atoms with Crippen molar-refractivity contribution in [1.82, 2.24) is 0 Å². The molecule has 0 spiro atoms. The number of fused-ring (bicyclic) bond motifs is 1. The molecule has 0 fully saturated rings. The fourth-order valence-corrected chi connectivity index (χ4v) is 2.94. The average Bonchev–Trinajstić information content (AvgIpc) is 2.68. The summed E-state index contributed by atoms with van der Waals surface area (Å²) in [5.74, 6) is -0.363. The first kappa shape index (κ1) is 21.6. The molecule has 150 valence electrons. The number of ether oxygens (including phenoxy) is 2. The van der Waals surface area contributed by atoms with E-state index in [0.29, 0.717) is 19.6 Å². The molecule has 0 heterocycles. The van der Waals surface area contributed by atoms with Crippen LogP contribution in [0, 0.1) is 5.92 Å². The summed E-state index contributed by atoms with van der Waals surface area (Å²) < 4.78 is 10.9. The van der Waals surface area contributed by atoms with Gasteiger partial charge in [0, 0.05) is 12.5 Å². The Hall–Kier alpha value is -2.66. The van der Waals surface area contributed by atoms with Gasteiger partial charge < -0.3 is 15.2 Å². The highest BCUT2D eigenvalue weighted by molar-refractivity contribution is 5.95. The third-order valence-corrected chi connectivity index (χ3v) is 4.82. The van der Waals surface area contributed by atoms with E-state index in [4.69, 9.17) is 15.2 Å². The van der Waals surface area contributed by atoms with Crippen molar-refractivity contribution in [2.75, 3.05) is 6.61 Å². The standard InChI is InChI=1S/C23H29NO4/c1-4-27-23(26)13-10-19-6-5-7-20-14-18(9-11-21(19)20)15-28-17(3)16(2)8-12-22(24)25/h5-7,9-11,13-14,16-17H,4,8,12,15H2,1-3H3,(H2,24,25)/b13-10+/t16-,17+/m0/s1. The molecule has 0 saturated heterocycles. The fourth-order valence-electron chi connectivity index (χ4n) is 2.94. The summed E-state index contributed by atoms with van der Waals surface area (Å²) in [4.78, 5) is 22.5. The molecule has 5 heteroatoms. The minimum absolute atomic E-state index is 0.0360. The first-order valence-corrected chi connectivity index (χ1v) is 9.67. The summed E-state index contributed by atoms with van der Waals surface area (Å²) in [7, 11) is 0. The highest BCUT2D eigenvalue weighted by Crippen LogP contribution is 2.23. The van der Waals surface area contributed by atoms with Crippen LogP contribution in [0.5, 0.6) is 0 Å². The van der Waals surface area contributed by atoms with Crippen molar-refractivity contribution >= 4 is 28.7 Å². The molecule has 28 heavy (non-hydrogen) atoms. The van der Waals surface area contributed by atoms with Crippen LogP contribution in [0.25, 0.3) is 16.8 Å². The number of hydrogen-bond donors (Lipinski definition) is 1. The first-order valence-electron chi connectivity index (χ1n) is 9.67. The summed E-state index contributed by atoms with van der Waals surface area (Å²) >= 11 is 0. The van der Waals surface area contributed by atoms with Crippen molar-refractivity contribution in [3.8, 4) is 0 Å². The molecule has 0 aromatic heterocycles. The number of carbonyl (C=O) groups excluding carboxylic acids is 2. The number of benzene rings is 2. The van der Waals surface area contributed by atoms with Gasteiger partial charge in [0.05, 0.1) is 19.3 Å². The van der Waals surface area contributed by atoms with E-state index in [9.17, 15) is 9.59 Å². The van der Waals surface area contributed by atoms with Crippen molar-refractivity contribution in [2.45, 2.75) is 46.3 Å². The zero-order chi connectivity index (χ0) is 20.5. The Kier molecular flexibility index (Phi) is 8.20. The van der Waals surface area contributed by atoms with Gasteiger partial charge in [-0.25, -0.2) is 4.79 Å². The lowest BCUT2D eigenvalue weighted by molar-refractivity contribution is -0.137. The van der Waals surface area contributed by atoms with Crippen molar-refractivity contribution < 1.29 is 19.1 Å². The summed E-state index contributed by atoms with van der Waals surface area (Å²) in [5, 5.41) is 2.15. The Labute approximate surface area is 166 Å². The molecule has 0 aliphatic carbocycles. The zero-order valence-corrected chi connectivity index (χ0v) is 16.8. The molecule has 2 aromatic rings. The van der Waals surface area contributed by atoms with E-state index < -0.39 is 0 Å². The van der Waals surface area contributed by atoms with Crippen molar-refractivity contribution in [3.63, 3.8) is 0 Å². The Morgan fingerprint density at radius 1 is 1.18 bits per heavy atom. The van der Waals surface area contributed by atoms with Crippen LogP contribution in [0.4, 0.5) is 0 Å². The van der Waals surface area contributed by atoms with E-state index in [0.717, 1.165) is 28.3 Å². The van der Waals surface area contributed by atoms with Gasteiger partial charge in [0.15, 0.2) is 0 Å². The Morgan fingerprint density at radius 2 is 1.96 bits per heavy atom. The van der Waals surface area contributed by atoms with Crippen LogP contribution >= 0.6 is 0 Å². The number of esters is 1. The molecule has 0 aliphatic rings. The molecule has 2 aromatic carbocycles. The van der Waals surface area contributed by atoms with Crippen LogP contribution in [0.1, 0.15) is 44.7 Å². The van der Waals surface area contributed by atoms with Crippen molar-refractivity contribution in [2.24, 2.45) is 11.7 Å². The van der Waals surface area contributed by atoms with Crippen LogP contribution in [0.2, 0.25) is 0 Å². The normalized spacial score (nSPS) is 13.5. The van der Waals surface area contributed by atoms with E-state index in [1.165, 1.54) is 6.08 Å². The summed E-state index contributed by atoms with van der Waals surface area (Å²) in [5.41, 5.74) is 7.25. The SMILES string of the molecule is CCOC(=O)/C=C/c1cccc2cc(CO[C@H](C)[C@@H](C)CCC(N)=O)ccc12. The molecule has 0 aliphatic heterocycles. The number of amides is 1. The van der Waals surface area contributed by atoms with Gasteiger partial charge in [0.25, 0.3) is 0 Å². The highest BCUT2D eigenvalue weighted by Gasteiger charge is 2.14. The summed E-state index contributed by atoms with van der Waals surface area (Å²) in [6, 6.07) is 12.1. The van der Waals surface area contributed by atoms with Crippen molar-refractivity contribution in [1.29, 1.82) is 0 Å². The second-order valence-corrected chi connectivity index (χ2v) is 6.99. The summed E-state index contributed by atoms with van der Waals surface area (Å²) in [6.07, 6.45) is 4.37. The highest BCUT2D eigenvalue weighted by atomic mass is 16.5. The minimum Gasteiger partial charge on any atom is -0.463 e. The van der Waals surface area contributed by atoms with E-state index in [1.54, 1.807) is 13.0 Å². The Bertz CT molecular complexity index is 844. The molecule has 2 N–H and O–H groups in total. The monoisotopic (exact) mass is 383 g/mol. The van der Waals surface area contributed by atoms with E-state index in [1.807, 2.05) is 37.3 Å². The first-order chi connectivity index (χ1) is 13.4. The van der Waals surface area contributed by atoms with Gasteiger partial charge in [-0.05, 0) is 60.2 Å². The Morgan fingerprint density at radius 3 is 2.68 bits per heavy atom. The zero-order valence-electron chi connectivity index (χ0n) is 16.8. The molecule has 2 atom stereocenters. The van der Waals surface area contributed by atoms with Gasteiger partial charge in [-0.1, -0.05) is 37.3 Å². The molecule has 2 rings (SSSR count). The second kappa shape index (κ2) is 10.6. The number of rotatable bonds is 10. The molecule has 0 bridgehead atoms. The van der Waals surface area contributed by atoms with Crippen LogP contribution < -0.4 is 5.73 Å². The van der Waals surface area contributed by atoms with Gasteiger partial charge in [-0.2, -0.15) is 0 Å². The van der Waals surface area contributed by atoms with Crippen LogP contribution in [-0.2, 0) is 25.7 Å². The third kappa shape index (κ3) is 6.50. The van der Waals surface area contributed by atoms with Gasteiger partial charge in [0.2, 0.25) is 5.91 Å². The second-order valence-electron chi connectivity index (χ2n) is 6.99. The van der Waals surface area contributed by atoms with Crippen LogP contribution in [0.15, 0.2) is 42.5 Å². The topological polar surface area (TPSA) is 78.6 Å². The van der Waals surface area contributed by atoms with E-state index >= 15 is 0 Å². The third-order valence-electron chi connectivity index (χ3n) is 4.82. The Balaban J connectivity index is 2.04. The van der Waals surface area contributed by atoms with Gasteiger partial charge in [0.1, 0.15) is 0 Å². The molecule has 0 saturated carbocycles. The number of hydrogen-bond acceptors (Lipinski definition) is 4. The lowest BCUT2D eigenvalue weighted by Crippen LogP contribution is -2.20. The molecule has 0 unspecified atom stereocenters. The smallest absolute Gasteiger partial charge is 0.330 e. The quantitative estimate of drug-likeness (QED) is 0.492. The maximum absolute atomic E-state index is 11.5.